The number of carbonyl (C=O) groups is 1. The largest absolute Gasteiger partial charge is 0.433 e. The topological polar surface area (TPSA) is 70.2 Å². The van der Waals surface area contributed by atoms with Crippen molar-refractivity contribution in [3.63, 3.8) is 0 Å². The number of halogens is 4. The van der Waals surface area contributed by atoms with E-state index in [0.717, 1.165) is 18.0 Å². The SMILES string of the molecule is O=C(NCc1ccc(F)cc1)NC1CCN(c2cc(C(F)(F)F)ncn2)CC1. The normalized spacial score (nSPS) is 15.4. The summed E-state index contributed by atoms with van der Waals surface area (Å²) < 4.78 is 51.2. The van der Waals surface area contributed by atoms with Crippen LogP contribution in [0.4, 0.5) is 28.2 Å². The van der Waals surface area contributed by atoms with Crippen LogP contribution in [0, 0.1) is 5.82 Å². The number of benzene rings is 1. The first-order valence-electron chi connectivity index (χ1n) is 8.74. The molecule has 0 saturated carbocycles. The van der Waals surface area contributed by atoms with Crippen LogP contribution < -0.4 is 15.5 Å². The average Bonchev–Trinajstić information content (AvgIpc) is 2.68. The number of nitrogens with zero attached hydrogens (tertiary/aromatic N) is 3. The van der Waals surface area contributed by atoms with Gasteiger partial charge in [0, 0.05) is 31.7 Å². The fourth-order valence-corrected chi connectivity index (χ4v) is 2.95. The molecular weight excluding hydrogens is 378 g/mol. The van der Waals surface area contributed by atoms with Gasteiger partial charge in [-0.25, -0.2) is 19.2 Å². The molecule has 10 heteroatoms. The third-order valence-corrected chi connectivity index (χ3v) is 4.46. The van der Waals surface area contributed by atoms with E-state index in [2.05, 4.69) is 20.6 Å². The monoisotopic (exact) mass is 397 g/mol. The highest BCUT2D eigenvalue weighted by atomic mass is 19.4. The molecule has 3 rings (SSSR count). The first-order chi connectivity index (χ1) is 13.3. The molecule has 28 heavy (non-hydrogen) atoms. The van der Waals surface area contributed by atoms with Crippen LogP contribution in [0.25, 0.3) is 0 Å². The lowest BCUT2D eigenvalue weighted by molar-refractivity contribution is -0.141. The summed E-state index contributed by atoms with van der Waals surface area (Å²) in [4.78, 5) is 20.9. The smallest absolute Gasteiger partial charge is 0.356 e. The fraction of sp³-hybridized carbons (Fsp3) is 0.389. The Labute approximate surface area is 159 Å². The van der Waals surface area contributed by atoms with E-state index in [1.807, 2.05) is 0 Å². The number of aromatic nitrogens is 2. The number of piperidine rings is 1. The van der Waals surface area contributed by atoms with Crippen LogP contribution in [0.15, 0.2) is 36.7 Å². The summed E-state index contributed by atoms with van der Waals surface area (Å²) in [5, 5.41) is 5.55. The summed E-state index contributed by atoms with van der Waals surface area (Å²) >= 11 is 0. The van der Waals surface area contributed by atoms with E-state index >= 15 is 0 Å². The van der Waals surface area contributed by atoms with Crippen LogP contribution in [0.3, 0.4) is 0 Å². The van der Waals surface area contributed by atoms with Crippen molar-refractivity contribution in [3.05, 3.63) is 53.7 Å². The Morgan fingerprint density at radius 1 is 1.14 bits per heavy atom. The molecule has 0 spiro atoms. The van der Waals surface area contributed by atoms with E-state index in [9.17, 15) is 22.4 Å². The van der Waals surface area contributed by atoms with Gasteiger partial charge in [0.05, 0.1) is 0 Å². The maximum Gasteiger partial charge on any atom is 0.433 e. The van der Waals surface area contributed by atoms with Gasteiger partial charge in [0.25, 0.3) is 0 Å². The van der Waals surface area contributed by atoms with Crippen LogP contribution in [-0.4, -0.2) is 35.1 Å². The van der Waals surface area contributed by atoms with E-state index in [-0.39, 0.29) is 30.3 Å². The van der Waals surface area contributed by atoms with E-state index < -0.39 is 11.9 Å². The lowest BCUT2D eigenvalue weighted by Gasteiger charge is -2.33. The van der Waals surface area contributed by atoms with Crippen LogP contribution in [0.5, 0.6) is 0 Å². The maximum atomic E-state index is 12.9. The summed E-state index contributed by atoms with van der Waals surface area (Å²) in [7, 11) is 0. The maximum absolute atomic E-state index is 12.9. The van der Waals surface area contributed by atoms with E-state index in [0.29, 0.717) is 25.9 Å². The molecule has 0 atom stereocenters. The number of hydrogen-bond donors (Lipinski definition) is 2. The van der Waals surface area contributed by atoms with Gasteiger partial charge in [-0.3, -0.25) is 0 Å². The van der Waals surface area contributed by atoms with Gasteiger partial charge >= 0.3 is 12.2 Å². The molecule has 150 valence electrons. The standard InChI is InChI=1S/C18H19F4N5O/c19-13-3-1-12(2-4-13)10-23-17(28)26-14-5-7-27(8-6-14)16-9-15(18(20,21)22)24-11-25-16/h1-4,9,11,14H,5-8,10H2,(H2,23,26,28). The first kappa shape index (κ1) is 19.8. The van der Waals surface area contributed by atoms with Gasteiger partial charge in [-0.1, -0.05) is 12.1 Å². The molecule has 0 unspecified atom stereocenters. The number of alkyl halides is 3. The predicted molar refractivity (Wildman–Crippen MR) is 94.0 cm³/mol. The van der Waals surface area contributed by atoms with Crippen LogP contribution in [0.1, 0.15) is 24.1 Å². The Bertz CT molecular complexity index is 804. The number of anilines is 1. The molecule has 1 saturated heterocycles. The molecule has 2 N–H and O–H groups in total. The molecule has 0 aliphatic carbocycles. The van der Waals surface area contributed by atoms with E-state index in [4.69, 9.17) is 0 Å². The number of urea groups is 1. The van der Waals surface area contributed by atoms with Gasteiger partial charge in [-0.05, 0) is 30.5 Å². The van der Waals surface area contributed by atoms with Crippen LogP contribution >= 0.6 is 0 Å². The zero-order valence-electron chi connectivity index (χ0n) is 14.8. The second-order valence-corrected chi connectivity index (χ2v) is 6.47. The third-order valence-electron chi connectivity index (χ3n) is 4.46. The molecule has 1 aliphatic rings. The predicted octanol–water partition coefficient (Wildman–Crippen LogP) is 3.10. The third kappa shape index (κ3) is 5.30. The molecule has 1 aromatic heterocycles. The minimum atomic E-state index is -4.51. The van der Waals surface area contributed by atoms with Crippen LogP contribution in [0.2, 0.25) is 0 Å². The van der Waals surface area contributed by atoms with Crippen molar-refractivity contribution in [1.82, 2.24) is 20.6 Å². The molecule has 2 aromatic rings. The summed E-state index contributed by atoms with van der Waals surface area (Å²) in [6, 6.07) is 6.32. The average molecular weight is 397 g/mol. The Balaban J connectivity index is 1.46. The fourth-order valence-electron chi connectivity index (χ4n) is 2.95. The number of nitrogens with one attached hydrogen (secondary N) is 2. The summed E-state index contributed by atoms with van der Waals surface area (Å²) in [6.45, 7) is 1.21. The van der Waals surface area contributed by atoms with Crippen molar-refractivity contribution in [2.45, 2.75) is 31.6 Å². The van der Waals surface area contributed by atoms with Crippen molar-refractivity contribution in [2.75, 3.05) is 18.0 Å². The van der Waals surface area contributed by atoms with Gasteiger partial charge in [0.2, 0.25) is 0 Å². The number of hydrogen-bond acceptors (Lipinski definition) is 4. The van der Waals surface area contributed by atoms with Gasteiger partial charge in [-0.15, -0.1) is 0 Å². The van der Waals surface area contributed by atoms with Crippen molar-refractivity contribution >= 4 is 11.8 Å². The highest BCUT2D eigenvalue weighted by molar-refractivity contribution is 5.74. The summed E-state index contributed by atoms with van der Waals surface area (Å²) in [6.07, 6.45) is -2.45. The van der Waals surface area contributed by atoms with Gasteiger partial charge < -0.3 is 15.5 Å². The lowest BCUT2D eigenvalue weighted by atomic mass is 10.1. The molecule has 6 nitrogen and oxygen atoms in total. The Morgan fingerprint density at radius 2 is 1.82 bits per heavy atom. The molecule has 1 fully saturated rings. The van der Waals surface area contributed by atoms with E-state index in [1.165, 1.54) is 12.1 Å². The zero-order chi connectivity index (χ0) is 20.1. The Hall–Kier alpha value is -2.91. The molecular formula is C18H19F4N5O. The highest BCUT2D eigenvalue weighted by Crippen LogP contribution is 2.29. The quantitative estimate of drug-likeness (QED) is 0.778. The minimum Gasteiger partial charge on any atom is -0.356 e. The molecule has 2 amide bonds. The number of carbonyl (C=O) groups excluding carboxylic acids is 1. The van der Waals surface area contributed by atoms with Crippen molar-refractivity contribution in [3.8, 4) is 0 Å². The van der Waals surface area contributed by atoms with Gasteiger partial charge in [0.15, 0.2) is 0 Å². The van der Waals surface area contributed by atoms with Crippen molar-refractivity contribution < 1.29 is 22.4 Å². The van der Waals surface area contributed by atoms with E-state index in [1.54, 1.807) is 17.0 Å². The minimum absolute atomic E-state index is 0.0895. The highest BCUT2D eigenvalue weighted by Gasteiger charge is 2.33. The second-order valence-electron chi connectivity index (χ2n) is 6.47. The molecule has 1 aliphatic heterocycles. The Morgan fingerprint density at radius 3 is 2.46 bits per heavy atom. The summed E-state index contributed by atoms with van der Waals surface area (Å²) in [5.41, 5.74) is -0.200. The van der Waals surface area contributed by atoms with Gasteiger partial charge in [-0.2, -0.15) is 13.2 Å². The Kier molecular flexibility index (Phi) is 5.96. The van der Waals surface area contributed by atoms with Gasteiger partial charge in [0.1, 0.15) is 23.7 Å². The van der Waals surface area contributed by atoms with Crippen molar-refractivity contribution in [2.24, 2.45) is 0 Å². The lowest BCUT2D eigenvalue weighted by Crippen LogP contribution is -2.48. The molecule has 0 bridgehead atoms. The number of amides is 2. The molecule has 1 aromatic carbocycles. The molecule has 0 radical (unpaired) electrons. The van der Waals surface area contributed by atoms with Crippen molar-refractivity contribution in [1.29, 1.82) is 0 Å². The van der Waals surface area contributed by atoms with Crippen LogP contribution in [-0.2, 0) is 12.7 Å². The molecule has 2 heterocycles. The zero-order valence-corrected chi connectivity index (χ0v) is 14.8. The number of rotatable bonds is 4. The first-order valence-corrected chi connectivity index (χ1v) is 8.74. The summed E-state index contributed by atoms with van der Waals surface area (Å²) in [5.74, 6) is -0.118. The second kappa shape index (κ2) is 8.41.